The summed E-state index contributed by atoms with van der Waals surface area (Å²) in [4.78, 5) is 0. The summed E-state index contributed by atoms with van der Waals surface area (Å²) in [6, 6.07) is 0.297. The van der Waals surface area contributed by atoms with Gasteiger partial charge in [0.15, 0.2) is 0 Å². The van der Waals surface area contributed by atoms with Crippen LogP contribution in [-0.2, 0) is 0 Å². The molecule has 0 amide bonds. The van der Waals surface area contributed by atoms with Gasteiger partial charge in [0.1, 0.15) is 0 Å². The first-order valence-corrected chi connectivity index (χ1v) is 5.36. The Morgan fingerprint density at radius 1 is 1.54 bits per heavy atom. The minimum absolute atomic E-state index is 0.263. The van der Waals surface area contributed by atoms with E-state index >= 15 is 0 Å². The molecule has 1 aliphatic rings. The normalized spacial score (nSPS) is 24.6. The van der Waals surface area contributed by atoms with Gasteiger partial charge >= 0.3 is 0 Å². The van der Waals surface area contributed by atoms with Crippen LogP contribution in [0.15, 0.2) is 12.2 Å². The Labute approximate surface area is 81.0 Å². The summed E-state index contributed by atoms with van der Waals surface area (Å²) in [5, 5.41) is 12.4. The van der Waals surface area contributed by atoms with E-state index in [2.05, 4.69) is 24.4 Å². The highest BCUT2D eigenvalue weighted by atomic mass is 16.3. The average molecular weight is 183 g/mol. The first-order valence-electron chi connectivity index (χ1n) is 5.36. The number of nitrogens with one attached hydrogen (secondary N) is 1. The van der Waals surface area contributed by atoms with Gasteiger partial charge in [-0.3, -0.25) is 0 Å². The van der Waals surface area contributed by atoms with Crippen LogP contribution in [0, 0.1) is 5.92 Å². The zero-order valence-electron chi connectivity index (χ0n) is 8.50. The molecule has 0 aromatic carbocycles. The van der Waals surface area contributed by atoms with Crippen LogP contribution in [0.25, 0.3) is 0 Å². The molecule has 0 aromatic rings. The van der Waals surface area contributed by atoms with Crippen molar-refractivity contribution in [2.75, 3.05) is 13.2 Å². The average Bonchev–Trinajstić information content (AvgIpc) is 2.21. The van der Waals surface area contributed by atoms with Gasteiger partial charge in [-0.25, -0.2) is 0 Å². The second-order valence-electron chi connectivity index (χ2n) is 3.85. The lowest BCUT2D eigenvalue weighted by Gasteiger charge is -2.21. The number of rotatable bonds is 5. The van der Waals surface area contributed by atoms with E-state index in [0.29, 0.717) is 6.04 Å². The SMILES string of the molecule is CC[C@H](CO)NCC1CC=CCC1. The van der Waals surface area contributed by atoms with Crippen molar-refractivity contribution in [2.24, 2.45) is 5.92 Å². The molecule has 2 nitrogen and oxygen atoms in total. The third-order valence-electron chi connectivity index (χ3n) is 2.79. The van der Waals surface area contributed by atoms with Crippen molar-refractivity contribution in [1.29, 1.82) is 0 Å². The van der Waals surface area contributed by atoms with Gasteiger partial charge in [0.25, 0.3) is 0 Å². The molecule has 0 saturated heterocycles. The summed E-state index contributed by atoms with van der Waals surface area (Å²) < 4.78 is 0. The zero-order chi connectivity index (χ0) is 9.52. The van der Waals surface area contributed by atoms with Gasteiger partial charge in [-0.1, -0.05) is 19.1 Å². The molecule has 76 valence electrons. The van der Waals surface area contributed by atoms with Crippen LogP contribution in [0.1, 0.15) is 32.6 Å². The minimum Gasteiger partial charge on any atom is -0.395 e. The van der Waals surface area contributed by atoms with E-state index in [-0.39, 0.29) is 6.61 Å². The molecule has 2 heteroatoms. The first kappa shape index (κ1) is 10.7. The maximum Gasteiger partial charge on any atom is 0.0584 e. The molecule has 1 rings (SSSR count). The molecule has 0 saturated carbocycles. The van der Waals surface area contributed by atoms with Gasteiger partial charge in [0.05, 0.1) is 6.61 Å². The van der Waals surface area contributed by atoms with Crippen molar-refractivity contribution in [2.45, 2.75) is 38.6 Å². The van der Waals surface area contributed by atoms with Gasteiger partial charge in [-0.15, -0.1) is 0 Å². The minimum atomic E-state index is 0.263. The van der Waals surface area contributed by atoms with Gasteiger partial charge in [0, 0.05) is 6.04 Å². The van der Waals surface area contributed by atoms with Crippen LogP contribution in [0.2, 0.25) is 0 Å². The third-order valence-corrected chi connectivity index (χ3v) is 2.79. The van der Waals surface area contributed by atoms with Gasteiger partial charge in [-0.05, 0) is 38.1 Å². The second kappa shape index (κ2) is 6.17. The fraction of sp³-hybridized carbons (Fsp3) is 0.818. The summed E-state index contributed by atoms with van der Waals surface area (Å²) in [5.41, 5.74) is 0. The summed E-state index contributed by atoms with van der Waals surface area (Å²) >= 11 is 0. The lowest BCUT2D eigenvalue weighted by molar-refractivity contribution is 0.232. The molecule has 1 aliphatic carbocycles. The fourth-order valence-corrected chi connectivity index (χ4v) is 1.71. The van der Waals surface area contributed by atoms with Crippen LogP contribution >= 0.6 is 0 Å². The molecular formula is C11H21NO. The third kappa shape index (κ3) is 3.92. The maximum absolute atomic E-state index is 8.98. The predicted molar refractivity (Wildman–Crippen MR) is 55.6 cm³/mol. The molecule has 0 spiro atoms. The van der Waals surface area contributed by atoms with Gasteiger partial charge < -0.3 is 10.4 Å². The number of hydrogen-bond donors (Lipinski definition) is 2. The van der Waals surface area contributed by atoms with E-state index in [9.17, 15) is 0 Å². The maximum atomic E-state index is 8.98. The lowest BCUT2D eigenvalue weighted by atomic mass is 9.94. The fourth-order valence-electron chi connectivity index (χ4n) is 1.71. The first-order chi connectivity index (χ1) is 6.36. The van der Waals surface area contributed by atoms with E-state index < -0.39 is 0 Å². The highest BCUT2D eigenvalue weighted by Crippen LogP contribution is 2.17. The van der Waals surface area contributed by atoms with Crippen LogP contribution in [-0.4, -0.2) is 24.3 Å². The number of aliphatic hydroxyl groups excluding tert-OH is 1. The number of allylic oxidation sites excluding steroid dienone is 2. The molecule has 0 aromatic heterocycles. The molecule has 0 heterocycles. The molecule has 2 N–H and O–H groups in total. The van der Waals surface area contributed by atoms with Crippen molar-refractivity contribution in [3.05, 3.63) is 12.2 Å². The smallest absolute Gasteiger partial charge is 0.0584 e. The van der Waals surface area contributed by atoms with Gasteiger partial charge in [-0.2, -0.15) is 0 Å². The summed E-state index contributed by atoms with van der Waals surface area (Å²) in [7, 11) is 0. The molecule has 13 heavy (non-hydrogen) atoms. The van der Waals surface area contributed by atoms with E-state index in [1.807, 2.05) is 0 Å². The van der Waals surface area contributed by atoms with Crippen LogP contribution in [0.5, 0.6) is 0 Å². The molecule has 0 aliphatic heterocycles. The monoisotopic (exact) mass is 183 g/mol. The molecule has 0 radical (unpaired) electrons. The van der Waals surface area contributed by atoms with Crippen molar-refractivity contribution in [1.82, 2.24) is 5.32 Å². The summed E-state index contributed by atoms with van der Waals surface area (Å²) in [6.07, 6.45) is 9.27. The van der Waals surface area contributed by atoms with E-state index in [1.54, 1.807) is 0 Å². The van der Waals surface area contributed by atoms with Crippen molar-refractivity contribution in [3.63, 3.8) is 0 Å². The van der Waals surface area contributed by atoms with Crippen molar-refractivity contribution in [3.8, 4) is 0 Å². The van der Waals surface area contributed by atoms with E-state index in [0.717, 1.165) is 18.9 Å². The Balaban J connectivity index is 2.13. The molecule has 0 fully saturated rings. The molecule has 2 atom stereocenters. The Morgan fingerprint density at radius 3 is 2.92 bits per heavy atom. The number of hydrogen-bond acceptors (Lipinski definition) is 2. The highest BCUT2D eigenvalue weighted by molar-refractivity contribution is 4.90. The summed E-state index contributed by atoms with van der Waals surface area (Å²) in [6.45, 7) is 3.43. The lowest BCUT2D eigenvalue weighted by Crippen LogP contribution is -2.35. The Morgan fingerprint density at radius 2 is 2.38 bits per heavy atom. The Hall–Kier alpha value is -0.340. The Kier molecular flexibility index (Phi) is 5.09. The molecule has 1 unspecified atom stereocenters. The van der Waals surface area contributed by atoms with Gasteiger partial charge in [0.2, 0.25) is 0 Å². The molecule has 0 bridgehead atoms. The predicted octanol–water partition coefficient (Wildman–Crippen LogP) is 1.70. The Bertz CT molecular complexity index is 152. The standard InChI is InChI=1S/C11H21NO/c1-2-11(9-13)12-8-10-6-4-3-5-7-10/h3-4,10-13H,2,5-9H2,1H3/t10?,11-/m1/s1. The van der Waals surface area contributed by atoms with E-state index in [4.69, 9.17) is 5.11 Å². The largest absolute Gasteiger partial charge is 0.395 e. The topological polar surface area (TPSA) is 32.3 Å². The second-order valence-corrected chi connectivity index (χ2v) is 3.85. The van der Waals surface area contributed by atoms with Crippen molar-refractivity contribution < 1.29 is 5.11 Å². The highest BCUT2D eigenvalue weighted by Gasteiger charge is 2.11. The zero-order valence-corrected chi connectivity index (χ0v) is 8.50. The van der Waals surface area contributed by atoms with Crippen LogP contribution in [0.3, 0.4) is 0 Å². The van der Waals surface area contributed by atoms with Crippen LogP contribution in [0.4, 0.5) is 0 Å². The quantitative estimate of drug-likeness (QED) is 0.636. The molecular weight excluding hydrogens is 162 g/mol. The number of aliphatic hydroxyl groups is 1. The van der Waals surface area contributed by atoms with Crippen molar-refractivity contribution >= 4 is 0 Å². The summed E-state index contributed by atoms with van der Waals surface area (Å²) in [5.74, 6) is 0.783. The van der Waals surface area contributed by atoms with Crippen LogP contribution < -0.4 is 5.32 Å². The van der Waals surface area contributed by atoms with E-state index in [1.165, 1.54) is 19.3 Å².